The molecule has 2 aromatic carbocycles. The number of nitrogens with zero attached hydrogens (tertiary/aromatic N) is 2. The molecule has 3 rings (SSSR count). The van der Waals surface area contributed by atoms with Crippen LogP contribution in [0.2, 0.25) is 10.0 Å². The van der Waals surface area contributed by atoms with Crippen LogP contribution in [0.3, 0.4) is 0 Å². The molecule has 0 bridgehead atoms. The average molecular weight is 387 g/mol. The monoisotopic (exact) mass is 386 g/mol. The zero-order valence-corrected chi connectivity index (χ0v) is 16.3. The van der Waals surface area contributed by atoms with E-state index in [1.807, 2.05) is 54.9 Å². The lowest BCUT2D eigenvalue weighted by Gasteiger charge is -2.06. The van der Waals surface area contributed by atoms with Gasteiger partial charge in [-0.3, -0.25) is 4.79 Å². The molecule has 0 amide bonds. The van der Waals surface area contributed by atoms with Gasteiger partial charge in [-0.05, 0) is 50.1 Å². The molecule has 1 heterocycles. The molecule has 0 saturated carbocycles. The van der Waals surface area contributed by atoms with E-state index >= 15 is 0 Å². The summed E-state index contributed by atoms with van der Waals surface area (Å²) in [7, 11) is 0. The predicted octanol–water partition coefficient (Wildman–Crippen LogP) is 5.54. The van der Waals surface area contributed by atoms with Gasteiger partial charge in [-0.1, -0.05) is 47.5 Å². The second-order valence-corrected chi connectivity index (χ2v) is 7.19. The lowest BCUT2D eigenvalue weighted by Crippen LogP contribution is -2.07. The van der Waals surface area contributed by atoms with Gasteiger partial charge in [0.25, 0.3) is 0 Å². The van der Waals surface area contributed by atoms with Gasteiger partial charge in [0.15, 0.2) is 0 Å². The highest BCUT2D eigenvalue weighted by Gasteiger charge is 2.16. The van der Waals surface area contributed by atoms with E-state index in [0.29, 0.717) is 29.3 Å². The summed E-state index contributed by atoms with van der Waals surface area (Å²) >= 11 is 12.1. The Labute approximate surface area is 163 Å². The molecule has 0 aliphatic carbocycles. The first-order chi connectivity index (χ1) is 12.5. The van der Waals surface area contributed by atoms with Gasteiger partial charge in [-0.15, -0.1) is 0 Å². The Morgan fingerprint density at radius 2 is 1.81 bits per heavy atom. The van der Waals surface area contributed by atoms with Crippen LogP contribution in [0.5, 0.6) is 0 Å². The van der Waals surface area contributed by atoms with Crippen LogP contribution in [-0.4, -0.2) is 15.6 Å². The van der Waals surface area contributed by atoms with Crippen molar-refractivity contribution in [3.63, 3.8) is 0 Å². The van der Waals surface area contributed by atoms with Crippen LogP contribution < -0.4 is 0 Å². The molecular weight excluding hydrogens is 367 g/mol. The number of Topliss-reactive ketones (excluding diaryl/α,β-unsaturated/α-hetero) is 1. The summed E-state index contributed by atoms with van der Waals surface area (Å²) in [5.74, 6) is 0.176. The summed E-state index contributed by atoms with van der Waals surface area (Å²) in [6, 6.07) is 15.3. The fraction of sp³-hybridized carbons (Fsp3) is 0.238. The second kappa shape index (κ2) is 8.07. The van der Waals surface area contributed by atoms with E-state index in [-0.39, 0.29) is 5.78 Å². The number of para-hydroxylation sites is 1. The third kappa shape index (κ3) is 4.17. The molecule has 3 nitrogen and oxygen atoms in total. The molecule has 134 valence electrons. The van der Waals surface area contributed by atoms with Crippen LogP contribution in [0.15, 0.2) is 48.5 Å². The van der Waals surface area contributed by atoms with Crippen LogP contribution in [0.1, 0.15) is 28.9 Å². The number of carbonyl (C=O) groups is 1. The number of ketones is 1. The van der Waals surface area contributed by atoms with Gasteiger partial charge < -0.3 is 0 Å². The summed E-state index contributed by atoms with van der Waals surface area (Å²) < 4.78 is 1.90. The lowest BCUT2D eigenvalue weighted by atomic mass is 10.0. The maximum atomic E-state index is 12.5. The number of aryl methyl sites for hydroxylation is 2. The topological polar surface area (TPSA) is 34.9 Å². The maximum absolute atomic E-state index is 12.5. The van der Waals surface area contributed by atoms with Crippen molar-refractivity contribution in [3.8, 4) is 5.69 Å². The van der Waals surface area contributed by atoms with Gasteiger partial charge in [0, 0.05) is 34.1 Å². The second-order valence-electron chi connectivity index (χ2n) is 6.35. The minimum absolute atomic E-state index is 0.176. The average Bonchev–Trinajstić information content (AvgIpc) is 2.90. The highest BCUT2D eigenvalue weighted by Crippen LogP contribution is 2.23. The zero-order valence-electron chi connectivity index (χ0n) is 14.8. The quantitative estimate of drug-likeness (QED) is 0.557. The Morgan fingerprint density at radius 1 is 1.08 bits per heavy atom. The smallest absolute Gasteiger partial charge is 0.137 e. The Bertz CT molecular complexity index is 933. The minimum atomic E-state index is 0.176. The van der Waals surface area contributed by atoms with Crippen LogP contribution in [0.4, 0.5) is 0 Å². The third-order valence-corrected chi connectivity index (χ3v) is 5.09. The molecule has 26 heavy (non-hydrogen) atoms. The molecule has 0 saturated heterocycles. The Morgan fingerprint density at radius 3 is 2.50 bits per heavy atom. The summed E-state index contributed by atoms with van der Waals surface area (Å²) in [6.45, 7) is 3.96. The van der Waals surface area contributed by atoms with Crippen molar-refractivity contribution in [2.75, 3.05) is 0 Å². The van der Waals surface area contributed by atoms with Gasteiger partial charge in [-0.2, -0.15) is 5.10 Å². The van der Waals surface area contributed by atoms with E-state index < -0.39 is 0 Å². The van der Waals surface area contributed by atoms with Gasteiger partial charge in [0.1, 0.15) is 5.78 Å². The highest BCUT2D eigenvalue weighted by atomic mass is 35.5. The number of aromatic nitrogens is 2. The molecular formula is C21H20Cl2N2O. The Hall–Kier alpha value is -2.10. The summed E-state index contributed by atoms with van der Waals surface area (Å²) in [4.78, 5) is 12.5. The lowest BCUT2D eigenvalue weighted by molar-refractivity contribution is -0.118. The highest BCUT2D eigenvalue weighted by molar-refractivity contribution is 6.35. The molecule has 0 aliphatic rings. The Kier molecular flexibility index (Phi) is 5.80. The van der Waals surface area contributed by atoms with Gasteiger partial charge >= 0.3 is 0 Å². The number of carbonyl (C=O) groups excluding carboxylic acids is 1. The summed E-state index contributed by atoms with van der Waals surface area (Å²) in [6.07, 6.45) is 1.44. The fourth-order valence-corrected chi connectivity index (χ4v) is 3.54. The Balaban J connectivity index is 1.71. The van der Waals surface area contributed by atoms with Crippen LogP contribution in [0, 0.1) is 13.8 Å². The molecule has 0 N–H and O–H groups in total. The molecule has 5 heteroatoms. The van der Waals surface area contributed by atoms with Gasteiger partial charge in [-0.25, -0.2) is 4.68 Å². The number of hydrogen-bond acceptors (Lipinski definition) is 2. The van der Waals surface area contributed by atoms with Crippen molar-refractivity contribution >= 4 is 29.0 Å². The molecule has 3 aromatic rings. The first kappa shape index (κ1) is 18.7. The molecule has 0 spiro atoms. The molecule has 0 fully saturated rings. The number of hydrogen-bond donors (Lipinski definition) is 0. The molecule has 0 aliphatic heterocycles. The SMILES string of the molecule is Cc1nn(-c2ccccc2)c(C)c1CC(=O)CCc1ccc(Cl)cc1Cl. The van der Waals surface area contributed by atoms with Crippen LogP contribution in [-0.2, 0) is 17.6 Å². The largest absolute Gasteiger partial charge is 0.299 e. The number of halogens is 2. The van der Waals surface area contributed by atoms with Crippen molar-refractivity contribution in [3.05, 3.63) is 81.1 Å². The standard InChI is InChI=1S/C21H20Cl2N2O/c1-14-20(15(2)25(24-14)18-6-4-3-5-7-18)13-19(26)11-9-16-8-10-17(22)12-21(16)23/h3-8,10,12H,9,11,13H2,1-2H3. The molecule has 0 radical (unpaired) electrons. The first-order valence-corrected chi connectivity index (χ1v) is 9.27. The maximum Gasteiger partial charge on any atom is 0.137 e. The van der Waals surface area contributed by atoms with E-state index in [1.54, 1.807) is 12.1 Å². The van der Waals surface area contributed by atoms with Crippen molar-refractivity contribution < 1.29 is 4.79 Å². The fourth-order valence-electron chi connectivity index (χ4n) is 3.04. The zero-order chi connectivity index (χ0) is 18.7. The predicted molar refractivity (Wildman–Crippen MR) is 107 cm³/mol. The van der Waals surface area contributed by atoms with Crippen molar-refractivity contribution in [1.29, 1.82) is 0 Å². The molecule has 0 unspecified atom stereocenters. The van der Waals surface area contributed by atoms with E-state index in [1.165, 1.54) is 0 Å². The van der Waals surface area contributed by atoms with Gasteiger partial charge in [0.2, 0.25) is 0 Å². The van der Waals surface area contributed by atoms with Crippen molar-refractivity contribution in [2.24, 2.45) is 0 Å². The summed E-state index contributed by atoms with van der Waals surface area (Å²) in [5.41, 5.74) is 4.84. The van der Waals surface area contributed by atoms with Crippen molar-refractivity contribution in [1.82, 2.24) is 9.78 Å². The van der Waals surface area contributed by atoms with Gasteiger partial charge in [0.05, 0.1) is 11.4 Å². The van der Waals surface area contributed by atoms with Crippen molar-refractivity contribution in [2.45, 2.75) is 33.1 Å². The molecule has 0 atom stereocenters. The van der Waals surface area contributed by atoms with E-state index in [2.05, 4.69) is 5.10 Å². The normalized spacial score (nSPS) is 10.9. The third-order valence-electron chi connectivity index (χ3n) is 4.50. The van der Waals surface area contributed by atoms with Crippen LogP contribution in [0.25, 0.3) is 5.69 Å². The number of benzene rings is 2. The minimum Gasteiger partial charge on any atom is -0.299 e. The molecule has 1 aromatic heterocycles. The van der Waals surface area contributed by atoms with E-state index in [0.717, 1.165) is 28.2 Å². The summed E-state index contributed by atoms with van der Waals surface area (Å²) in [5, 5.41) is 5.81. The van der Waals surface area contributed by atoms with E-state index in [4.69, 9.17) is 23.2 Å². The number of rotatable bonds is 6. The first-order valence-electron chi connectivity index (χ1n) is 8.52. The van der Waals surface area contributed by atoms with E-state index in [9.17, 15) is 4.79 Å². The van der Waals surface area contributed by atoms with Crippen LogP contribution >= 0.6 is 23.2 Å².